The van der Waals surface area contributed by atoms with Crippen LogP contribution in [0.2, 0.25) is 0 Å². The minimum atomic E-state index is 0. The number of halogens is 1. The summed E-state index contributed by atoms with van der Waals surface area (Å²) in [6.07, 6.45) is 6.67. The lowest BCUT2D eigenvalue weighted by Gasteiger charge is -2.35. The molecule has 1 aromatic rings. The summed E-state index contributed by atoms with van der Waals surface area (Å²) in [5.74, 6) is 1.82. The maximum absolute atomic E-state index is 5.96. The van der Waals surface area contributed by atoms with E-state index in [-0.39, 0.29) is 30.1 Å². The molecule has 1 aromatic heterocycles. The van der Waals surface area contributed by atoms with E-state index in [1.807, 2.05) is 24.1 Å². The molecule has 0 radical (unpaired) electrons. The van der Waals surface area contributed by atoms with Gasteiger partial charge in [-0.25, -0.2) is 0 Å². The number of aromatic nitrogens is 2. The Morgan fingerprint density at radius 2 is 2.23 bits per heavy atom. The number of aryl methyl sites for hydroxylation is 1. The Balaban J connectivity index is 0.00000243. The van der Waals surface area contributed by atoms with E-state index in [1.54, 1.807) is 0 Å². The minimum Gasteiger partial charge on any atom is -0.370 e. The van der Waals surface area contributed by atoms with Crippen LogP contribution in [0.4, 0.5) is 0 Å². The van der Waals surface area contributed by atoms with Crippen molar-refractivity contribution in [3.8, 4) is 0 Å². The molecule has 2 aliphatic rings. The zero-order valence-corrected chi connectivity index (χ0v) is 18.7. The second-order valence-corrected chi connectivity index (χ2v) is 7.32. The molecule has 8 heteroatoms. The average Bonchev–Trinajstić information content (AvgIpc) is 3.34. The van der Waals surface area contributed by atoms with Gasteiger partial charge in [0.2, 0.25) is 0 Å². The van der Waals surface area contributed by atoms with Crippen molar-refractivity contribution in [3.05, 3.63) is 18.0 Å². The van der Waals surface area contributed by atoms with E-state index in [2.05, 4.69) is 41.2 Å². The molecule has 7 nitrogen and oxygen atoms in total. The number of nitrogens with zero attached hydrogens (tertiary/aromatic N) is 5. The lowest BCUT2D eigenvalue weighted by Crippen LogP contribution is -2.48. The second-order valence-electron chi connectivity index (χ2n) is 7.32. The van der Waals surface area contributed by atoms with Crippen LogP contribution in [-0.4, -0.2) is 78.5 Å². The summed E-state index contributed by atoms with van der Waals surface area (Å²) in [4.78, 5) is 9.61. The van der Waals surface area contributed by atoms with Gasteiger partial charge in [-0.05, 0) is 39.8 Å². The predicted molar refractivity (Wildman–Crippen MR) is 115 cm³/mol. The van der Waals surface area contributed by atoms with Crippen LogP contribution in [0.3, 0.4) is 0 Å². The lowest BCUT2D eigenvalue weighted by molar-refractivity contribution is -0.00808. The normalized spacial score (nSPS) is 22.3. The highest BCUT2D eigenvalue weighted by Gasteiger charge is 2.33. The zero-order chi connectivity index (χ0) is 17.8. The number of guanidine groups is 1. The fourth-order valence-corrected chi connectivity index (χ4v) is 3.47. The van der Waals surface area contributed by atoms with Gasteiger partial charge in [0.25, 0.3) is 0 Å². The molecular formula is C18H33IN6O. The van der Waals surface area contributed by atoms with Crippen molar-refractivity contribution in [3.63, 3.8) is 0 Å². The SMILES string of the molecule is CCNC(=NCC(C1CC1)N(C)C)N1CCOC(c2cnn(C)c2)C1.I. The van der Waals surface area contributed by atoms with Crippen LogP contribution in [0.15, 0.2) is 17.4 Å². The van der Waals surface area contributed by atoms with E-state index in [9.17, 15) is 0 Å². The molecule has 26 heavy (non-hydrogen) atoms. The highest BCUT2D eigenvalue weighted by atomic mass is 127. The van der Waals surface area contributed by atoms with Gasteiger partial charge in [-0.15, -0.1) is 24.0 Å². The molecular weight excluding hydrogens is 443 g/mol. The maximum atomic E-state index is 5.96. The van der Waals surface area contributed by atoms with Gasteiger partial charge in [0.1, 0.15) is 6.10 Å². The molecule has 2 fully saturated rings. The fourth-order valence-electron chi connectivity index (χ4n) is 3.47. The van der Waals surface area contributed by atoms with Gasteiger partial charge >= 0.3 is 0 Å². The molecule has 1 aliphatic carbocycles. The Morgan fingerprint density at radius 1 is 1.46 bits per heavy atom. The molecule has 1 aliphatic heterocycles. The molecule has 1 N–H and O–H groups in total. The monoisotopic (exact) mass is 476 g/mol. The molecule has 2 heterocycles. The summed E-state index contributed by atoms with van der Waals surface area (Å²) in [5, 5.41) is 7.73. The van der Waals surface area contributed by atoms with Gasteiger partial charge in [0.15, 0.2) is 5.96 Å². The Hall–Kier alpha value is -0.870. The Labute approximate surface area is 174 Å². The lowest BCUT2D eigenvalue weighted by atomic mass is 10.1. The molecule has 0 aromatic carbocycles. The number of hydrogen-bond donors (Lipinski definition) is 1. The van der Waals surface area contributed by atoms with Crippen molar-refractivity contribution in [1.82, 2.24) is 24.9 Å². The summed E-state index contributed by atoms with van der Waals surface area (Å²) < 4.78 is 7.79. The smallest absolute Gasteiger partial charge is 0.194 e. The van der Waals surface area contributed by atoms with Crippen LogP contribution < -0.4 is 5.32 Å². The van der Waals surface area contributed by atoms with Crippen LogP contribution in [0, 0.1) is 5.92 Å². The van der Waals surface area contributed by atoms with Crippen molar-refractivity contribution in [2.24, 2.45) is 18.0 Å². The summed E-state index contributed by atoms with van der Waals surface area (Å²) in [5.41, 5.74) is 1.13. The second kappa shape index (κ2) is 9.89. The van der Waals surface area contributed by atoms with Crippen molar-refractivity contribution in [2.45, 2.75) is 31.9 Å². The molecule has 3 rings (SSSR count). The number of likely N-dealkylation sites (N-methyl/N-ethyl adjacent to an activating group) is 1. The number of nitrogens with one attached hydrogen (secondary N) is 1. The Kier molecular flexibility index (Phi) is 8.15. The van der Waals surface area contributed by atoms with E-state index < -0.39 is 0 Å². The Morgan fingerprint density at radius 3 is 2.81 bits per heavy atom. The third-order valence-corrected chi connectivity index (χ3v) is 5.06. The highest BCUT2D eigenvalue weighted by molar-refractivity contribution is 14.0. The number of rotatable bonds is 6. The van der Waals surface area contributed by atoms with E-state index >= 15 is 0 Å². The number of aliphatic imine (C=N–C) groups is 1. The first-order chi connectivity index (χ1) is 12.1. The van der Waals surface area contributed by atoms with E-state index in [1.165, 1.54) is 12.8 Å². The standard InChI is InChI=1S/C18H32N6O.HI/c1-5-19-18(20-11-16(22(2)3)14-6-7-14)24-8-9-25-17(13-24)15-10-21-23(4)12-15;/h10,12,14,16-17H,5-9,11,13H2,1-4H3,(H,19,20);1H. The number of morpholine rings is 1. The molecule has 0 bridgehead atoms. The third kappa shape index (κ3) is 5.56. The van der Waals surface area contributed by atoms with E-state index in [4.69, 9.17) is 9.73 Å². The minimum absolute atomic E-state index is 0. The predicted octanol–water partition coefficient (Wildman–Crippen LogP) is 1.72. The highest BCUT2D eigenvalue weighted by Crippen LogP contribution is 2.34. The topological polar surface area (TPSA) is 57.9 Å². The number of hydrogen-bond acceptors (Lipinski definition) is 4. The average molecular weight is 476 g/mol. The van der Waals surface area contributed by atoms with Gasteiger partial charge in [0, 0.05) is 37.9 Å². The van der Waals surface area contributed by atoms with Crippen molar-refractivity contribution >= 4 is 29.9 Å². The molecule has 0 amide bonds. The quantitative estimate of drug-likeness (QED) is 0.385. The van der Waals surface area contributed by atoms with Crippen LogP contribution in [0.1, 0.15) is 31.4 Å². The Bertz CT molecular complexity index is 584. The third-order valence-electron chi connectivity index (χ3n) is 5.06. The van der Waals surface area contributed by atoms with Crippen molar-refractivity contribution in [2.75, 3.05) is 46.9 Å². The first kappa shape index (κ1) is 21.4. The van der Waals surface area contributed by atoms with Crippen LogP contribution >= 0.6 is 24.0 Å². The van der Waals surface area contributed by atoms with Crippen molar-refractivity contribution < 1.29 is 4.74 Å². The van der Waals surface area contributed by atoms with Gasteiger partial charge in [-0.1, -0.05) is 0 Å². The summed E-state index contributed by atoms with van der Waals surface area (Å²) in [6, 6.07) is 0.545. The zero-order valence-electron chi connectivity index (χ0n) is 16.4. The maximum Gasteiger partial charge on any atom is 0.194 e. The van der Waals surface area contributed by atoms with Crippen LogP contribution in [-0.2, 0) is 11.8 Å². The largest absolute Gasteiger partial charge is 0.370 e. The van der Waals surface area contributed by atoms with Gasteiger partial charge in [0.05, 0.1) is 25.9 Å². The first-order valence-corrected chi connectivity index (χ1v) is 9.38. The van der Waals surface area contributed by atoms with Crippen molar-refractivity contribution in [1.29, 1.82) is 0 Å². The molecule has 2 unspecified atom stereocenters. The van der Waals surface area contributed by atoms with E-state index in [0.29, 0.717) is 12.6 Å². The first-order valence-electron chi connectivity index (χ1n) is 9.38. The molecule has 0 spiro atoms. The van der Waals surface area contributed by atoms with Crippen LogP contribution in [0.25, 0.3) is 0 Å². The van der Waals surface area contributed by atoms with Crippen LogP contribution in [0.5, 0.6) is 0 Å². The summed E-state index contributed by atoms with van der Waals surface area (Å²) in [7, 11) is 6.27. The van der Waals surface area contributed by atoms with E-state index in [0.717, 1.165) is 43.6 Å². The molecule has 148 valence electrons. The fraction of sp³-hybridized carbons (Fsp3) is 0.778. The van der Waals surface area contributed by atoms with Gasteiger partial charge < -0.3 is 19.9 Å². The van der Waals surface area contributed by atoms with Gasteiger partial charge in [-0.2, -0.15) is 5.10 Å². The van der Waals surface area contributed by atoms with Gasteiger partial charge in [-0.3, -0.25) is 9.67 Å². The molecule has 2 atom stereocenters. The molecule has 1 saturated heterocycles. The number of ether oxygens (including phenoxy) is 1. The summed E-state index contributed by atoms with van der Waals surface area (Å²) in [6.45, 7) is 6.26. The molecule has 1 saturated carbocycles. The summed E-state index contributed by atoms with van der Waals surface area (Å²) >= 11 is 0.